The maximum absolute atomic E-state index is 10.9. The van der Waals surface area contributed by atoms with E-state index in [0.29, 0.717) is 12.5 Å². The van der Waals surface area contributed by atoms with Crippen molar-refractivity contribution in [1.29, 1.82) is 5.26 Å². The molecule has 2 aliphatic heterocycles. The van der Waals surface area contributed by atoms with Gasteiger partial charge in [-0.2, -0.15) is 5.26 Å². The van der Waals surface area contributed by atoms with Crippen LogP contribution < -0.4 is 9.47 Å². The molecule has 3 atom stereocenters. The van der Waals surface area contributed by atoms with Gasteiger partial charge in [-0.15, -0.1) is 0 Å². The number of nitrogens with zero attached hydrogens (tertiary/aromatic N) is 2. The van der Waals surface area contributed by atoms with Crippen molar-refractivity contribution in [3.8, 4) is 17.6 Å². The van der Waals surface area contributed by atoms with Gasteiger partial charge in [0, 0.05) is 19.1 Å². The Hall–Kier alpha value is -1.77. The van der Waals surface area contributed by atoms with E-state index in [0.717, 1.165) is 63.1 Å². The summed E-state index contributed by atoms with van der Waals surface area (Å²) < 4.78 is 11.8. The van der Waals surface area contributed by atoms with E-state index < -0.39 is 0 Å². The molecule has 164 valence electrons. The van der Waals surface area contributed by atoms with Crippen molar-refractivity contribution in [2.24, 2.45) is 16.7 Å². The highest BCUT2D eigenvalue weighted by molar-refractivity contribution is 5.50. The molecule has 0 aromatic heterocycles. The molecule has 5 nitrogen and oxygen atoms in total. The Morgan fingerprint density at radius 1 is 1.27 bits per heavy atom. The number of nitriles is 1. The largest absolute Gasteiger partial charge is 0.493 e. The Morgan fingerprint density at radius 2 is 2.03 bits per heavy atom. The van der Waals surface area contributed by atoms with Crippen LogP contribution in [0.5, 0.6) is 11.5 Å². The summed E-state index contributed by atoms with van der Waals surface area (Å²) in [6, 6.07) is 6.91. The second-order valence-corrected chi connectivity index (χ2v) is 10.8. The van der Waals surface area contributed by atoms with Gasteiger partial charge in [0.1, 0.15) is 6.61 Å². The van der Waals surface area contributed by atoms with Crippen LogP contribution in [-0.2, 0) is 6.42 Å². The van der Waals surface area contributed by atoms with Crippen molar-refractivity contribution in [3.05, 3.63) is 23.3 Å². The molecular weight excluding hydrogens is 376 g/mol. The first-order chi connectivity index (χ1) is 14.2. The highest BCUT2D eigenvalue weighted by Gasteiger charge is 2.41. The third-order valence-electron chi connectivity index (χ3n) is 7.30. The number of benzene rings is 1. The van der Waals surface area contributed by atoms with E-state index in [2.05, 4.69) is 43.9 Å². The van der Waals surface area contributed by atoms with Gasteiger partial charge in [-0.05, 0) is 66.7 Å². The lowest BCUT2D eigenvalue weighted by Gasteiger charge is -2.47. The van der Waals surface area contributed by atoms with Crippen LogP contribution in [0.25, 0.3) is 0 Å². The van der Waals surface area contributed by atoms with Crippen LogP contribution in [-0.4, -0.2) is 42.9 Å². The van der Waals surface area contributed by atoms with Gasteiger partial charge in [0.15, 0.2) is 11.5 Å². The summed E-state index contributed by atoms with van der Waals surface area (Å²) in [4.78, 5) is 2.55. The minimum atomic E-state index is -0.326. The molecule has 0 unspecified atom stereocenters. The summed E-state index contributed by atoms with van der Waals surface area (Å²) in [5.41, 5.74) is 2.45. The minimum Gasteiger partial charge on any atom is -0.493 e. The monoisotopic (exact) mass is 412 g/mol. The summed E-state index contributed by atoms with van der Waals surface area (Å²) in [7, 11) is 1.67. The number of aliphatic hydroxyl groups excluding tert-OH is 1. The fraction of sp³-hybridized carbons (Fsp3) is 0.720. The Morgan fingerprint density at radius 3 is 2.63 bits per heavy atom. The third-order valence-corrected chi connectivity index (χ3v) is 7.30. The maximum atomic E-state index is 10.9. The van der Waals surface area contributed by atoms with E-state index in [-0.39, 0.29) is 23.0 Å². The molecule has 5 heteroatoms. The zero-order chi connectivity index (χ0) is 21.5. The molecule has 1 saturated carbocycles. The number of piperidine rings is 1. The Kier molecular flexibility index (Phi) is 5.76. The topological polar surface area (TPSA) is 65.7 Å². The number of aliphatic hydroxyl groups is 1. The van der Waals surface area contributed by atoms with Crippen molar-refractivity contribution >= 4 is 0 Å². The van der Waals surface area contributed by atoms with E-state index in [1.165, 1.54) is 11.1 Å². The summed E-state index contributed by atoms with van der Waals surface area (Å²) >= 11 is 0. The Balaban J connectivity index is 1.53. The highest BCUT2D eigenvalue weighted by Crippen LogP contribution is 2.46. The molecule has 0 spiro atoms. The van der Waals surface area contributed by atoms with Gasteiger partial charge in [0.05, 0.1) is 24.7 Å². The van der Waals surface area contributed by atoms with E-state index in [1.54, 1.807) is 7.11 Å². The van der Waals surface area contributed by atoms with Crippen LogP contribution in [0, 0.1) is 28.1 Å². The van der Waals surface area contributed by atoms with Gasteiger partial charge in [-0.1, -0.05) is 27.2 Å². The molecular formula is C25H36N2O3. The van der Waals surface area contributed by atoms with Gasteiger partial charge in [0.25, 0.3) is 0 Å². The lowest BCUT2D eigenvalue weighted by Crippen LogP contribution is -2.48. The third kappa shape index (κ3) is 4.18. The molecule has 1 aromatic carbocycles. The van der Waals surface area contributed by atoms with Gasteiger partial charge in [-0.25, -0.2) is 0 Å². The van der Waals surface area contributed by atoms with E-state index in [4.69, 9.17) is 9.47 Å². The highest BCUT2D eigenvalue weighted by atomic mass is 16.5. The first-order valence-electron chi connectivity index (χ1n) is 11.4. The zero-order valence-corrected chi connectivity index (χ0v) is 18.9. The molecule has 0 radical (unpaired) electrons. The number of rotatable bonds is 5. The number of hydrogen-bond acceptors (Lipinski definition) is 5. The fourth-order valence-corrected chi connectivity index (χ4v) is 5.47. The van der Waals surface area contributed by atoms with Crippen LogP contribution in [0.15, 0.2) is 12.1 Å². The average molecular weight is 413 g/mol. The smallest absolute Gasteiger partial charge is 0.161 e. The van der Waals surface area contributed by atoms with Crippen molar-refractivity contribution in [2.75, 3.05) is 26.8 Å². The molecule has 1 saturated heterocycles. The van der Waals surface area contributed by atoms with Gasteiger partial charge >= 0.3 is 0 Å². The van der Waals surface area contributed by atoms with Crippen LogP contribution in [0.4, 0.5) is 0 Å². The SMILES string of the molecule is COc1cc2c(cc1OCC1(C#N)CCC1)CCN1C[C@@H](CC(C)(C)C)[C@H](O)C[C@H]21. The predicted octanol–water partition coefficient (Wildman–Crippen LogP) is 4.48. The van der Waals surface area contributed by atoms with Gasteiger partial charge in [0.2, 0.25) is 0 Å². The van der Waals surface area contributed by atoms with Crippen LogP contribution in [0.2, 0.25) is 0 Å². The molecule has 0 bridgehead atoms. The maximum Gasteiger partial charge on any atom is 0.161 e. The molecule has 3 aliphatic rings. The quantitative estimate of drug-likeness (QED) is 0.772. The molecule has 4 rings (SSSR count). The van der Waals surface area contributed by atoms with E-state index in [9.17, 15) is 10.4 Å². The molecule has 0 amide bonds. The Bertz CT molecular complexity index is 819. The lowest BCUT2D eigenvalue weighted by atomic mass is 9.71. The summed E-state index contributed by atoms with van der Waals surface area (Å²) in [5.74, 6) is 1.81. The number of fused-ring (bicyclic) bond motifs is 3. The summed E-state index contributed by atoms with van der Waals surface area (Å²) in [6.45, 7) is 9.16. The number of hydrogen-bond donors (Lipinski definition) is 1. The molecule has 2 heterocycles. The molecule has 1 aromatic rings. The first-order valence-corrected chi connectivity index (χ1v) is 11.4. The number of methoxy groups -OCH3 is 1. The second kappa shape index (κ2) is 8.05. The zero-order valence-electron chi connectivity index (χ0n) is 18.9. The van der Waals surface area contributed by atoms with Gasteiger partial charge in [-0.3, -0.25) is 4.90 Å². The molecule has 1 aliphatic carbocycles. The molecule has 30 heavy (non-hydrogen) atoms. The van der Waals surface area contributed by atoms with E-state index >= 15 is 0 Å². The van der Waals surface area contributed by atoms with Crippen molar-refractivity contribution in [3.63, 3.8) is 0 Å². The van der Waals surface area contributed by atoms with E-state index in [1.807, 2.05) is 0 Å². The first kappa shape index (κ1) is 21.5. The van der Waals surface area contributed by atoms with Crippen LogP contribution >= 0.6 is 0 Å². The second-order valence-electron chi connectivity index (χ2n) is 10.8. The van der Waals surface area contributed by atoms with Gasteiger partial charge < -0.3 is 14.6 Å². The van der Waals surface area contributed by atoms with Crippen LogP contribution in [0.3, 0.4) is 0 Å². The predicted molar refractivity (Wildman–Crippen MR) is 117 cm³/mol. The molecule has 2 fully saturated rings. The fourth-order valence-electron chi connectivity index (χ4n) is 5.47. The van der Waals surface area contributed by atoms with Crippen molar-refractivity contribution in [1.82, 2.24) is 4.90 Å². The normalized spacial score (nSPS) is 27.9. The Labute approximate surface area is 181 Å². The minimum absolute atomic E-state index is 0.225. The number of ether oxygens (including phenoxy) is 2. The van der Waals surface area contributed by atoms with Crippen LogP contribution in [0.1, 0.15) is 70.0 Å². The van der Waals surface area contributed by atoms with Crippen molar-refractivity contribution in [2.45, 2.75) is 71.4 Å². The lowest BCUT2D eigenvalue weighted by molar-refractivity contribution is -0.0259. The summed E-state index contributed by atoms with van der Waals surface area (Å²) in [5, 5.41) is 20.4. The average Bonchev–Trinajstić information content (AvgIpc) is 2.66. The molecule has 1 N–H and O–H groups in total. The standard InChI is InChI=1S/C25H36N2O3/c1-24(2,3)13-18-14-27-9-6-17-10-23(30-16-25(15-26)7-5-8-25)22(29-4)11-19(17)20(27)12-21(18)28/h10-11,18,20-21,28H,5-9,12-14,16H2,1-4H3/t18-,20-,21-/m1/s1. The van der Waals surface area contributed by atoms with Crippen molar-refractivity contribution < 1.29 is 14.6 Å². The summed E-state index contributed by atoms with van der Waals surface area (Å²) in [6.07, 6.45) is 5.47.